The van der Waals surface area contributed by atoms with Crippen LogP contribution in [0.25, 0.3) is 0 Å². The third-order valence-electron chi connectivity index (χ3n) is 9.41. The highest BCUT2D eigenvalue weighted by Crippen LogP contribution is 2.16. The first-order valence-electron chi connectivity index (χ1n) is 20.5. The number of aliphatic hydroxyl groups excluding tert-OH is 1. The minimum atomic E-state index is -4.31. The Labute approximate surface area is 298 Å². The van der Waals surface area contributed by atoms with Gasteiger partial charge in [-0.3, -0.25) is 9.35 Å². The molecule has 3 N–H and O–H groups in total. The van der Waals surface area contributed by atoms with Gasteiger partial charge >= 0.3 is 0 Å². The summed E-state index contributed by atoms with van der Waals surface area (Å²) in [4.78, 5) is 12.5. The first-order valence-corrected chi connectivity index (χ1v) is 22.1. The predicted octanol–water partition coefficient (Wildman–Crippen LogP) is 12.0. The predicted molar refractivity (Wildman–Crippen MR) is 207 cm³/mol. The summed E-state index contributed by atoms with van der Waals surface area (Å²) in [5.41, 5.74) is 0. The molecule has 48 heavy (non-hydrogen) atoms. The van der Waals surface area contributed by atoms with Gasteiger partial charge in [0.25, 0.3) is 10.1 Å². The van der Waals surface area contributed by atoms with E-state index in [2.05, 4.69) is 43.5 Å². The van der Waals surface area contributed by atoms with Crippen molar-refractivity contribution >= 4 is 16.0 Å². The molecule has 6 nitrogen and oxygen atoms in total. The van der Waals surface area contributed by atoms with Gasteiger partial charge in [-0.2, -0.15) is 8.42 Å². The fourth-order valence-electron chi connectivity index (χ4n) is 6.29. The van der Waals surface area contributed by atoms with Crippen molar-refractivity contribution in [1.82, 2.24) is 5.32 Å². The van der Waals surface area contributed by atoms with E-state index in [4.69, 9.17) is 0 Å². The van der Waals surface area contributed by atoms with E-state index in [1.807, 2.05) is 0 Å². The number of allylic oxidation sites excluding steroid dienone is 4. The van der Waals surface area contributed by atoms with E-state index in [-0.39, 0.29) is 5.91 Å². The van der Waals surface area contributed by atoms with Crippen molar-refractivity contribution < 1.29 is 22.9 Å². The van der Waals surface area contributed by atoms with Gasteiger partial charge in [0, 0.05) is 6.42 Å². The number of amides is 1. The van der Waals surface area contributed by atoms with Gasteiger partial charge in [-0.25, -0.2) is 0 Å². The molecule has 0 heterocycles. The minimum Gasteiger partial charge on any atom is -0.391 e. The third-order valence-corrected chi connectivity index (χ3v) is 10.2. The summed E-state index contributed by atoms with van der Waals surface area (Å²) >= 11 is 0. The summed E-state index contributed by atoms with van der Waals surface area (Å²) in [5, 5.41) is 13.3. The van der Waals surface area contributed by atoms with Crippen molar-refractivity contribution in [3.05, 3.63) is 24.3 Å². The van der Waals surface area contributed by atoms with E-state index in [1.165, 1.54) is 122 Å². The van der Waals surface area contributed by atoms with Crippen LogP contribution < -0.4 is 5.32 Å². The van der Waals surface area contributed by atoms with Crippen molar-refractivity contribution in [2.45, 2.75) is 225 Å². The Hall–Kier alpha value is -1.18. The van der Waals surface area contributed by atoms with Gasteiger partial charge in [0.15, 0.2) is 0 Å². The molecule has 2 unspecified atom stereocenters. The summed E-state index contributed by atoms with van der Waals surface area (Å²) in [5.74, 6) is -0.910. The van der Waals surface area contributed by atoms with Crippen LogP contribution in [0.3, 0.4) is 0 Å². The summed E-state index contributed by atoms with van der Waals surface area (Å²) in [6.45, 7) is 4.48. The van der Waals surface area contributed by atoms with E-state index >= 15 is 0 Å². The molecule has 2 atom stereocenters. The topological polar surface area (TPSA) is 104 Å². The largest absolute Gasteiger partial charge is 0.391 e. The summed E-state index contributed by atoms with van der Waals surface area (Å²) in [6, 6.07) is -0.976. The first-order chi connectivity index (χ1) is 23.3. The second-order valence-corrected chi connectivity index (χ2v) is 15.8. The van der Waals surface area contributed by atoms with Crippen molar-refractivity contribution in [2.75, 3.05) is 5.75 Å². The van der Waals surface area contributed by atoms with E-state index in [1.54, 1.807) is 0 Å². The van der Waals surface area contributed by atoms with Crippen molar-refractivity contribution in [1.29, 1.82) is 0 Å². The molecular weight excluding hydrogens is 619 g/mol. The molecule has 0 bridgehead atoms. The van der Waals surface area contributed by atoms with Crippen molar-refractivity contribution in [3.63, 3.8) is 0 Å². The standard InChI is InChI=1S/C41H79NO5S/c1-3-5-7-9-11-13-15-17-19-20-21-22-23-24-26-28-30-32-34-36-40(43)39(38-48(45,46)47)42-41(44)37-35-33-31-29-27-25-18-16-14-12-10-8-6-4-2/h10,12,16,18,39-40,43H,3-9,11,13-15,17,19-38H2,1-2H3,(H,42,44)(H,45,46,47)/b12-10-,18-16-. The van der Waals surface area contributed by atoms with Crippen LogP contribution >= 0.6 is 0 Å². The molecule has 0 saturated heterocycles. The number of carbonyl (C=O) groups is 1. The summed E-state index contributed by atoms with van der Waals surface area (Å²) < 4.78 is 32.5. The van der Waals surface area contributed by atoms with E-state index in [9.17, 15) is 22.9 Å². The maximum absolute atomic E-state index is 12.5. The Bertz CT molecular complexity index is 857. The zero-order valence-electron chi connectivity index (χ0n) is 31.6. The van der Waals surface area contributed by atoms with Gasteiger partial charge in [0.05, 0.1) is 17.9 Å². The van der Waals surface area contributed by atoms with Crippen LogP contribution in [0.15, 0.2) is 24.3 Å². The molecule has 0 aromatic heterocycles. The van der Waals surface area contributed by atoms with Crippen LogP contribution in [0.4, 0.5) is 0 Å². The normalized spacial score (nSPS) is 13.5. The molecule has 0 spiro atoms. The lowest BCUT2D eigenvalue weighted by atomic mass is 10.0. The van der Waals surface area contributed by atoms with Crippen LogP contribution in [0.5, 0.6) is 0 Å². The van der Waals surface area contributed by atoms with Crippen molar-refractivity contribution in [3.8, 4) is 0 Å². The zero-order valence-corrected chi connectivity index (χ0v) is 32.4. The SMILES string of the molecule is CCCC/C=C\C/C=C\CCCCCCCC(=O)NC(CS(=O)(=O)O)C(O)CCCCCCCCCCCCCCCCCCCCC. The average molecular weight is 698 g/mol. The maximum Gasteiger partial charge on any atom is 0.266 e. The molecule has 0 rings (SSSR count). The van der Waals surface area contributed by atoms with Crippen LogP contribution in [0.2, 0.25) is 0 Å². The smallest absolute Gasteiger partial charge is 0.266 e. The van der Waals surface area contributed by atoms with Gasteiger partial charge in [0.1, 0.15) is 0 Å². The fourth-order valence-corrected chi connectivity index (χ4v) is 7.05. The molecule has 0 saturated carbocycles. The lowest BCUT2D eigenvalue weighted by Gasteiger charge is -2.23. The van der Waals surface area contributed by atoms with Crippen LogP contribution in [0.1, 0.15) is 213 Å². The highest BCUT2D eigenvalue weighted by atomic mass is 32.2. The number of hydrogen-bond donors (Lipinski definition) is 3. The molecule has 0 aliphatic rings. The molecule has 1 amide bonds. The fraction of sp³-hybridized carbons (Fsp3) is 0.878. The number of unbranched alkanes of at least 4 members (excludes halogenated alkanes) is 25. The monoisotopic (exact) mass is 698 g/mol. The second-order valence-electron chi connectivity index (χ2n) is 14.3. The van der Waals surface area contributed by atoms with Gasteiger partial charge in [-0.1, -0.05) is 192 Å². The molecule has 0 aromatic rings. The Balaban J connectivity index is 3.85. The lowest BCUT2D eigenvalue weighted by Crippen LogP contribution is -2.47. The van der Waals surface area contributed by atoms with Gasteiger partial charge in [-0.15, -0.1) is 0 Å². The molecule has 0 aliphatic heterocycles. The van der Waals surface area contributed by atoms with E-state index in [0.29, 0.717) is 12.8 Å². The Morgan fingerprint density at radius 1 is 0.562 bits per heavy atom. The van der Waals surface area contributed by atoms with Crippen LogP contribution in [0, 0.1) is 0 Å². The number of carbonyl (C=O) groups excluding carboxylic acids is 1. The molecule has 0 aromatic carbocycles. The van der Waals surface area contributed by atoms with Crippen LogP contribution in [-0.4, -0.2) is 41.9 Å². The minimum absolute atomic E-state index is 0.259. The summed E-state index contributed by atoms with van der Waals surface area (Å²) in [6.07, 6.45) is 44.1. The number of aliphatic hydroxyl groups is 1. The van der Waals surface area contributed by atoms with Gasteiger partial charge < -0.3 is 10.4 Å². The maximum atomic E-state index is 12.5. The number of rotatable bonds is 37. The van der Waals surface area contributed by atoms with E-state index in [0.717, 1.165) is 64.2 Å². The lowest BCUT2D eigenvalue weighted by molar-refractivity contribution is -0.122. The average Bonchev–Trinajstić information content (AvgIpc) is 3.05. The molecule has 7 heteroatoms. The summed E-state index contributed by atoms with van der Waals surface area (Å²) in [7, 11) is -4.31. The highest BCUT2D eigenvalue weighted by molar-refractivity contribution is 7.85. The highest BCUT2D eigenvalue weighted by Gasteiger charge is 2.26. The molecule has 0 radical (unpaired) electrons. The number of nitrogens with one attached hydrogen (secondary N) is 1. The zero-order chi connectivity index (χ0) is 35.4. The van der Waals surface area contributed by atoms with E-state index < -0.39 is 28.0 Å². The van der Waals surface area contributed by atoms with Crippen LogP contribution in [-0.2, 0) is 14.9 Å². The molecular formula is C41H79NO5S. The Kier molecular flexibility index (Phi) is 34.8. The molecule has 0 aliphatic carbocycles. The second kappa shape index (κ2) is 35.6. The van der Waals surface area contributed by atoms with Gasteiger partial charge in [0.2, 0.25) is 5.91 Å². The molecule has 0 fully saturated rings. The van der Waals surface area contributed by atoms with Crippen molar-refractivity contribution in [2.24, 2.45) is 0 Å². The molecule has 284 valence electrons. The quantitative estimate of drug-likeness (QED) is 0.0340. The Morgan fingerprint density at radius 3 is 1.42 bits per heavy atom. The van der Waals surface area contributed by atoms with Gasteiger partial charge in [-0.05, 0) is 38.5 Å². The third kappa shape index (κ3) is 36.1. The first kappa shape index (κ1) is 46.8. The number of hydrogen-bond acceptors (Lipinski definition) is 4. The Morgan fingerprint density at radius 2 is 0.958 bits per heavy atom.